The van der Waals surface area contributed by atoms with Crippen LogP contribution in [0.4, 0.5) is 0 Å². The first kappa shape index (κ1) is 15.0. The van der Waals surface area contributed by atoms with E-state index in [-0.39, 0.29) is 5.60 Å². The van der Waals surface area contributed by atoms with Crippen molar-refractivity contribution in [2.24, 2.45) is 0 Å². The summed E-state index contributed by atoms with van der Waals surface area (Å²) in [6.07, 6.45) is 7.80. The van der Waals surface area contributed by atoms with Crippen molar-refractivity contribution in [3.8, 4) is 0 Å². The lowest BCUT2D eigenvalue weighted by Gasteiger charge is -2.42. The van der Waals surface area contributed by atoms with Gasteiger partial charge >= 0.3 is 0 Å². The molecule has 0 amide bonds. The minimum absolute atomic E-state index is 0.107. The van der Waals surface area contributed by atoms with E-state index in [4.69, 9.17) is 4.74 Å². The summed E-state index contributed by atoms with van der Waals surface area (Å²) in [7, 11) is 0. The van der Waals surface area contributed by atoms with Crippen molar-refractivity contribution in [3.05, 3.63) is 11.6 Å². The van der Waals surface area contributed by atoms with Gasteiger partial charge in [0.1, 0.15) is 5.82 Å². The van der Waals surface area contributed by atoms with Crippen LogP contribution in [-0.2, 0) is 11.3 Å². The van der Waals surface area contributed by atoms with E-state index < -0.39 is 0 Å². The van der Waals surface area contributed by atoms with Crippen LogP contribution in [0.3, 0.4) is 0 Å². The molecule has 1 saturated heterocycles. The molecule has 1 aliphatic carbocycles. The Labute approximate surface area is 127 Å². The highest BCUT2D eigenvalue weighted by molar-refractivity contribution is 4.96. The summed E-state index contributed by atoms with van der Waals surface area (Å²) in [6, 6.07) is 0. The van der Waals surface area contributed by atoms with Gasteiger partial charge in [-0.3, -0.25) is 10.00 Å². The summed E-state index contributed by atoms with van der Waals surface area (Å²) in [4.78, 5) is 7.09. The van der Waals surface area contributed by atoms with E-state index in [2.05, 4.69) is 33.9 Å². The van der Waals surface area contributed by atoms with E-state index in [1.807, 2.05) is 0 Å². The Hall–Kier alpha value is -0.940. The fourth-order valence-electron chi connectivity index (χ4n) is 3.58. The van der Waals surface area contributed by atoms with E-state index in [0.717, 1.165) is 37.9 Å². The Kier molecular flexibility index (Phi) is 4.60. The zero-order chi connectivity index (χ0) is 14.7. The van der Waals surface area contributed by atoms with Crippen molar-refractivity contribution in [1.29, 1.82) is 0 Å². The van der Waals surface area contributed by atoms with Crippen molar-refractivity contribution < 1.29 is 4.74 Å². The maximum absolute atomic E-state index is 6.21. The van der Waals surface area contributed by atoms with Crippen LogP contribution >= 0.6 is 0 Å². The van der Waals surface area contributed by atoms with E-state index in [0.29, 0.717) is 5.92 Å². The third kappa shape index (κ3) is 3.64. The minimum atomic E-state index is 0.107. The number of ether oxygens (including phenoxy) is 1. The lowest BCUT2D eigenvalue weighted by Crippen LogP contribution is -2.51. The average molecular weight is 292 g/mol. The maximum atomic E-state index is 6.21. The molecule has 0 atom stereocenters. The smallest absolute Gasteiger partial charge is 0.153 e. The number of morpholine rings is 1. The van der Waals surface area contributed by atoms with Crippen LogP contribution in [0.15, 0.2) is 0 Å². The van der Waals surface area contributed by atoms with Gasteiger partial charge in [-0.05, 0) is 12.8 Å². The largest absolute Gasteiger partial charge is 0.372 e. The molecule has 21 heavy (non-hydrogen) atoms. The standard InChI is InChI=1S/C16H28N4O/c1-13(2)15-17-14(18-19-15)11-20-9-10-21-16(12-20)7-5-3-4-6-8-16/h13H,3-12H2,1-2H3,(H,17,18,19). The summed E-state index contributed by atoms with van der Waals surface area (Å²) in [5.41, 5.74) is 0.107. The van der Waals surface area contributed by atoms with E-state index in [1.54, 1.807) is 0 Å². The Bertz CT molecular complexity index is 449. The van der Waals surface area contributed by atoms with Gasteiger partial charge in [0.15, 0.2) is 5.82 Å². The van der Waals surface area contributed by atoms with Gasteiger partial charge in [-0.2, -0.15) is 5.10 Å². The molecule has 118 valence electrons. The molecule has 1 saturated carbocycles. The minimum Gasteiger partial charge on any atom is -0.372 e. The van der Waals surface area contributed by atoms with Crippen molar-refractivity contribution in [3.63, 3.8) is 0 Å². The predicted molar refractivity (Wildman–Crippen MR) is 82.1 cm³/mol. The topological polar surface area (TPSA) is 54.0 Å². The number of hydrogen-bond donors (Lipinski definition) is 1. The molecule has 1 N–H and O–H groups in total. The molecule has 1 aromatic heterocycles. The quantitative estimate of drug-likeness (QED) is 0.930. The van der Waals surface area contributed by atoms with Crippen LogP contribution in [0, 0.1) is 0 Å². The Morgan fingerprint density at radius 3 is 2.67 bits per heavy atom. The first-order valence-electron chi connectivity index (χ1n) is 8.44. The van der Waals surface area contributed by atoms with Crippen LogP contribution in [0.1, 0.15) is 69.9 Å². The number of rotatable bonds is 3. The molecule has 2 fully saturated rings. The lowest BCUT2D eigenvalue weighted by molar-refractivity contribution is -0.119. The van der Waals surface area contributed by atoms with Crippen LogP contribution < -0.4 is 0 Å². The monoisotopic (exact) mass is 292 g/mol. The van der Waals surface area contributed by atoms with Gasteiger partial charge in [0.25, 0.3) is 0 Å². The third-order valence-electron chi connectivity index (χ3n) is 4.78. The molecule has 1 spiro atoms. The number of aromatic nitrogens is 3. The molecule has 3 rings (SSSR count). The van der Waals surface area contributed by atoms with Crippen molar-refractivity contribution >= 4 is 0 Å². The molecular formula is C16H28N4O. The molecule has 1 aliphatic heterocycles. The van der Waals surface area contributed by atoms with Crippen LogP contribution in [0.5, 0.6) is 0 Å². The highest BCUT2D eigenvalue weighted by atomic mass is 16.5. The molecule has 0 unspecified atom stereocenters. The van der Waals surface area contributed by atoms with Gasteiger partial charge in [-0.15, -0.1) is 0 Å². The second kappa shape index (κ2) is 6.44. The number of H-pyrrole nitrogens is 1. The number of hydrogen-bond acceptors (Lipinski definition) is 4. The van der Waals surface area contributed by atoms with Crippen LogP contribution in [0.25, 0.3) is 0 Å². The Morgan fingerprint density at radius 1 is 1.24 bits per heavy atom. The predicted octanol–water partition coefficient (Wildman–Crippen LogP) is 2.85. The van der Waals surface area contributed by atoms with Crippen LogP contribution in [-0.4, -0.2) is 45.4 Å². The average Bonchev–Trinajstić information content (AvgIpc) is 2.81. The molecule has 5 nitrogen and oxygen atoms in total. The van der Waals surface area contributed by atoms with Gasteiger partial charge in [0, 0.05) is 19.0 Å². The third-order valence-corrected chi connectivity index (χ3v) is 4.78. The van der Waals surface area contributed by atoms with Crippen molar-refractivity contribution in [1.82, 2.24) is 20.1 Å². The summed E-state index contributed by atoms with van der Waals surface area (Å²) in [6.45, 7) is 8.02. The molecular weight excluding hydrogens is 264 g/mol. The molecule has 0 aromatic carbocycles. The van der Waals surface area contributed by atoms with E-state index in [1.165, 1.54) is 38.5 Å². The van der Waals surface area contributed by atoms with Gasteiger partial charge in [-0.1, -0.05) is 39.5 Å². The zero-order valence-electron chi connectivity index (χ0n) is 13.4. The Morgan fingerprint density at radius 2 is 2.00 bits per heavy atom. The summed E-state index contributed by atoms with van der Waals surface area (Å²) in [5.74, 6) is 2.29. The van der Waals surface area contributed by atoms with Crippen molar-refractivity contribution in [2.75, 3.05) is 19.7 Å². The summed E-state index contributed by atoms with van der Waals surface area (Å²) >= 11 is 0. The fraction of sp³-hybridized carbons (Fsp3) is 0.875. The SMILES string of the molecule is CC(C)c1n[nH]c(CN2CCOC3(CCCCCC3)C2)n1. The number of nitrogens with one attached hydrogen (secondary N) is 1. The van der Waals surface area contributed by atoms with E-state index in [9.17, 15) is 0 Å². The van der Waals surface area contributed by atoms with Crippen molar-refractivity contribution in [2.45, 2.75) is 70.4 Å². The van der Waals surface area contributed by atoms with E-state index >= 15 is 0 Å². The fourth-order valence-corrected chi connectivity index (χ4v) is 3.58. The highest BCUT2D eigenvalue weighted by Crippen LogP contribution is 2.33. The first-order valence-corrected chi connectivity index (χ1v) is 8.44. The highest BCUT2D eigenvalue weighted by Gasteiger charge is 2.36. The molecule has 1 aromatic rings. The Balaban J connectivity index is 1.62. The molecule has 0 bridgehead atoms. The van der Waals surface area contributed by atoms with Crippen LogP contribution in [0.2, 0.25) is 0 Å². The van der Waals surface area contributed by atoms with Gasteiger partial charge in [0.2, 0.25) is 0 Å². The van der Waals surface area contributed by atoms with Gasteiger partial charge in [-0.25, -0.2) is 4.98 Å². The lowest BCUT2D eigenvalue weighted by atomic mass is 9.92. The molecule has 2 heterocycles. The second-order valence-electron chi connectivity index (χ2n) is 6.95. The van der Waals surface area contributed by atoms with Gasteiger partial charge in [0.05, 0.1) is 18.8 Å². The summed E-state index contributed by atoms with van der Waals surface area (Å²) in [5, 5.41) is 7.40. The number of aromatic amines is 1. The molecule has 0 radical (unpaired) electrons. The number of nitrogens with zero attached hydrogens (tertiary/aromatic N) is 3. The van der Waals surface area contributed by atoms with Gasteiger partial charge < -0.3 is 4.74 Å². The summed E-state index contributed by atoms with van der Waals surface area (Å²) < 4.78 is 6.21. The normalized spacial score (nSPS) is 23.6. The second-order valence-corrected chi connectivity index (χ2v) is 6.95. The maximum Gasteiger partial charge on any atom is 0.153 e. The zero-order valence-corrected chi connectivity index (χ0v) is 13.4. The molecule has 2 aliphatic rings. The molecule has 5 heteroatoms. The first-order chi connectivity index (χ1) is 10.2.